The number of likely N-dealkylation sites (N-methyl/N-ethyl adjacent to an activating group) is 1. The molecule has 0 saturated carbocycles. The lowest BCUT2D eigenvalue weighted by Gasteiger charge is -2.28. The summed E-state index contributed by atoms with van der Waals surface area (Å²) in [5, 5.41) is 0. The summed E-state index contributed by atoms with van der Waals surface area (Å²) in [5.74, 6) is 0.0946. The molecular weight excluding hydrogens is 188 g/mol. The maximum atomic E-state index is 11.9. The van der Waals surface area contributed by atoms with E-state index in [1.165, 1.54) is 0 Å². The number of nitrogens with zero attached hydrogens (tertiary/aromatic N) is 1. The molecule has 0 aromatic heterocycles. The van der Waals surface area contributed by atoms with Crippen LogP contribution in [0.4, 0.5) is 0 Å². The molecule has 3 heteroatoms. The summed E-state index contributed by atoms with van der Waals surface area (Å²) in [4.78, 5) is 13.7. The molecule has 0 fully saturated rings. The predicted molar refractivity (Wildman–Crippen MR) is 64.6 cm³/mol. The summed E-state index contributed by atoms with van der Waals surface area (Å²) in [5.41, 5.74) is 5.86. The number of rotatable bonds is 7. The Bertz CT molecular complexity index is 178. The molecule has 3 nitrogen and oxygen atoms in total. The van der Waals surface area contributed by atoms with E-state index >= 15 is 0 Å². The molecule has 0 spiro atoms. The van der Waals surface area contributed by atoms with Gasteiger partial charge in [-0.05, 0) is 19.3 Å². The first kappa shape index (κ1) is 14.4. The van der Waals surface area contributed by atoms with Gasteiger partial charge in [0.05, 0.1) is 6.04 Å². The van der Waals surface area contributed by atoms with Crippen LogP contribution in [0.3, 0.4) is 0 Å². The van der Waals surface area contributed by atoms with Crippen LogP contribution in [0.25, 0.3) is 0 Å². The van der Waals surface area contributed by atoms with Crippen LogP contribution in [-0.2, 0) is 4.79 Å². The monoisotopic (exact) mass is 214 g/mol. The van der Waals surface area contributed by atoms with Gasteiger partial charge in [-0.25, -0.2) is 0 Å². The minimum Gasteiger partial charge on any atom is -0.341 e. The van der Waals surface area contributed by atoms with Gasteiger partial charge in [0.1, 0.15) is 0 Å². The maximum absolute atomic E-state index is 11.9. The zero-order chi connectivity index (χ0) is 11.8. The summed E-state index contributed by atoms with van der Waals surface area (Å²) in [7, 11) is 1.87. The third-order valence-electron chi connectivity index (χ3n) is 3.02. The number of hydrogen-bond acceptors (Lipinski definition) is 2. The van der Waals surface area contributed by atoms with Crippen LogP contribution < -0.4 is 5.73 Å². The van der Waals surface area contributed by atoms with Gasteiger partial charge in [-0.15, -0.1) is 0 Å². The van der Waals surface area contributed by atoms with Gasteiger partial charge in [-0.2, -0.15) is 0 Å². The molecule has 0 aliphatic heterocycles. The Morgan fingerprint density at radius 3 is 2.20 bits per heavy atom. The quantitative estimate of drug-likeness (QED) is 0.706. The fraction of sp³-hybridized carbons (Fsp3) is 0.917. The summed E-state index contributed by atoms with van der Waals surface area (Å²) in [6.07, 6.45) is 4.93. The van der Waals surface area contributed by atoms with E-state index in [0.717, 1.165) is 32.1 Å². The van der Waals surface area contributed by atoms with E-state index in [1.54, 1.807) is 0 Å². The lowest BCUT2D eigenvalue weighted by Crippen LogP contribution is -2.46. The number of hydrogen-bond donors (Lipinski definition) is 1. The van der Waals surface area contributed by atoms with Crippen molar-refractivity contribution in [3.05, 3.63) is 0 Å². The first-order chi connectivity index (χ1) is 7.08. The van der Waals surface area contributed by atoms with Crippen molar-refractivity contribution < 1.29 is 4.79 Å². The number of unbranched alkanes of at least 4 members (excludes halogenated alkanes) is 1. The molecule has 1 amide bonds. The fourth-order valence-electron chi connectivity index (χ4n) is 1.83. The highest BCUT2D eigenvalue weighted by atomic mass is 16.2. The van der Waals surface area contributed by atoms with E-state index in [9.17, 15) is 4.79 Å². The van der Waals surface area contributed by atoms with Gasteiger partial charge in [-0.1, -0.05) is 33.6 Å². The molecule has 0 aromatic carbocycles. The minimum atomic E-state index is -0.310. The van der Waals surface area contributed by atoms with Gasteiger partial charge in [0.15, 0.2) is 0 Å². The summed E-state index contributed by atoms with van der Waals surface area (Å²) >= 11 is 0. The zero-order valence-corrected chi connectivity index (χ0v) is 10.6. The van der Waals surface area contributed by atoms with Gasteiger partial charge in [0.2, 0.25) is 5.91 Å². The van der Waals surface area contributed by atoms with Crippen LogP contribution in [0.5, 0.6) is 0 Å². The Kier molecular flexibility index (Phi) is 7.39. The lowest BCUT2D eigenvalue weighted by molar-refractivity contribution is -0.133. The average molecular weight is 214 g/mol. The fourth-order valence-corrected chi connectivity index (χ4v) is 1.83. The normalized spacial score (nSPS) is 12.9. The molecular formula is C12H26N2O. The van der Waals surface area contributed by atoms with Crippen molar-refractivity contribution in [3.63, 3.8) is 0 Å². The topological polar surface area (TPSA) is 46.3 Å². The van der Waals surface area contributed by atoms with Crippen molar-refractivity contribution in [2.75, 3.05) is 7.05 Å². The highest BCUT2D eigenvalue weighted by Crippen LogP contribution is 2.09. The van der Waals surface area contributed by atoms with Crippen molar-refractivity contribution in [3.8, 4) is 0 Å². The molecule has 0 heterocycles. The van der Waals surface area contributed by atoms with E-state index in [2.05, 4.69) is 20.8 Å². The second-order valence-electron chi connectivity index (χ2n) is 4.17. The van der Waals surface area contributed by atoms with Crippen molar-refractivity contribution in [2.45, 2.75) is 65.0 Å². The first-order valence-electron chi connectivity index (χ1n) is 6.10. The highest BCUT2D eigenvalue weighted by molar-refractivity contribution is 5.81. The zero-order valence-electron chi connectivity index (χ0n) is 10.6. The Labute approximate surface area is 94.0 Å². The van der Waals surface area contributed by atoms with E-state index in [0.29, 0.717) is 6.04 Å². The number of carbonyl (C=O) groups is 1. The third kappa shape index (κ3) is 4.65. The Morgan fingerprint density at radius 1 is 1.27 bits per heavy atom. The van der Waals surface area contributed by atoms with Gasteiger partial charge in [0, 0.05) is 13.1 Å². The molecule has 0 aliphatic carbocycles. The molecule has 1 unspecified atom stereocenters. The number of amides is 1. The van der Waals surface area contributed by atoms with Crippen molar-refractivity contribution >= 4 is 5.91 Å². The summed E-state index contributed by atoms with van der Waals surface area (Å²) < 4.78 is 0. The van der Waals surface area contributed by atoms with Gasteiger partial charge < -0.3 is 10.6 Å². The van der Waals surface area contributed by atoms with Gasteiger partial charge in [-0.3, -0.25) is 4.79 Å². The smallest absolute Gasteiger partial charge is 0.239 e. The molecule has 0 bridgehead atoms. The predicted octanol–water partition coefficient (Wildman–Crippen LogP) is 2.15. The molecule has 0 radical (unpaired) electrons. The van der Waals surface area contributed by atoms with Crippen LogP contribution >= 0.6 is 0 Å². The van der Waals surface area contributed by atoms with Crippen LogP contribution in [0.2, 0.25) is 0 Å². The highest BCUT2D eigenvalue weighted by Gasteiger charge is 2.21. The molecule has 0 aromatic rings. The van der Waals surface area contributed by atoms with Crippen LogP contribution in [0, 0.1) is 0 Å². The van der Waals surface area contributed by atoms with Crippen molar-refractivity contribution in [1.29, 1.82) is 0 Å². The first-order valence-corrected chi connectivity index (χ1v) is 6.10. The second-order valence-corrected chi connectivity index (χ2v) is 4.17. The minimum absolute atomic E-state index is 0.0946. The van der Waals surface area contributed by atoms with Crippen LogP contribution in [0.15, 0.2) is 0 Å². The Hall–Kier alpha value is -0.570. The van der Waals surface area contributed by atoms with E-state index in [1.807, 2.05) is 11.9 Å². The second kappa shape index (κ2) is 7.69. The molecule has 90 valence electrons. The Balaban J connectivity index is 4.16. The van der Waals surface area contributed by atoms with Crippen molar-refractivity contribution in [2.24, 2.45) is 5.73 Å². The third-order valence-corrected chi connectivity index (χ3v) is 3.02. The largest absolute Gasteiger partial charge is 0.341 e. The van der Waals surface area contributed by atoms with E-state index in [-0.39, 0.29) is 11.9 Å². The molecule has 15 heavy (non-hydrogen) atoms. The summed E-state index contributed by atoms with van der Waals surface area (Å²) in [6.45, 7) is 6.33. The molecule has 2 N–H and O–H groups in total. The molecule has 0 aliphatic rings. The summed E-state index contributed by atoms with van der Waals surface area (Å²) in [6, 6.07) is 0.0285. The average Bonchev–Trinajstić information content (AvgIpc) is 2.26. The van der Waals surface area contributed by atoms with Crippen LogP contribution in [-0.4, -0.2) is 29.9 Å². The van der Waals surface area contributed by atoms with Gasteiger partial charge >= 0.3 is 0 Å². The number of nitrogens with two attached hydrogens (primary N) is 1. The number of carbonyl (C=O) groups excluding carboxylic acids is 1. The van der Waals surface area contributed by atoms with Crippen LogP contribution in [0.1, 0.15) is 52.9 Å². The molecule has 0 saturated heterocycles. The van der Waals surface area contributed by atoms with Crippen molar-refractivity contribution in [1.82, 2.24) is 4.90 Å². The van der Waals surface area contributed by atoms with E-state index in [4.69, 9.17) is 5.73 Å². The molecule has 1 atom stereocenters. The molecule has 0 rings (SSSR count). The maximum Gasteiger partial charge on any atom is 0.239 e. The van der Waals surface area contributed by atoms with Gasteiger partial charge in [0.25, 0.3) is 0 Å². The Morgan fingerprint density at radius 2 is 1.80 bits per heavy atom. The van der Waals surface area contributed by atoms with E-state index < -0.39 is 0 Å². The standard InChI is InChI=1S/C12H26N2O/c1-5-8-9-11(13)12(15)14(4)10(6-2)7-3/h10-11H,5-9,13H2,1-4H3. The lowest BCUT2D eigenvalue weighted by atomic mass is 10.1. The SMILES string of the molecule is CCCCC(N)C(=O)N(C)C(CC)CC.